The van der Waals surface area contributed by atoms with E-state index in [2.05, 4.69) is 21.2 Å². The van der Waals surface area contributed by atoms with Crippen molar-refractivity contribution in [3.05, 3.63) is 58.1 Å². The molecule has 0 heterocycles. The van der Waals surface area contributed by atoms with Crippen molar-refractivity contribution in [1.29, 1.82) is 0 Å². The quantitative estimate of drug-likeness (QED) is 0.901. The summed E-state index contributed by atoms with van der Waals surface area (Å²) in [7, 11) is 1.46. The second-order valence-corrected chi connectivity index (χ2v) is 4.85. The van der Waals surface area contributed by atoms with Crippen molar-refractivity contribution in [3.63, 3.8) is 0 Å². The third-order valence-corrected chi connectivity index (χ3v) is 3.14. The fourth-order valence-corrected chi connectivity index (χ4v) is 2.00. The Kier molecular flexibility index (Phi) is 4.37. The molecule has 0 aromatic heterocycles. The van der Waals surface area contributed by atoms with Crippen LogP contribution in [-0.2, 0) is 6.54 Å². The average Bonchev–Trinajstić information content (AvgIpc) is 2.39. The second-order valence-electron chi connectivity index (χ2n) is 3.93. The molecule has 2 aromatic rings. The van der Waals surface area contributed by atoms with Crippen LogP contribution in [0.2, 0.25) is 0 Å². The van der Waals surface area contributed by atoms with Crippen molar-refractivity contribution in [2.24, 2.45) is 0 Å². The van der Waals surface area contributed by atoms with Crippen LogP contribution in [0, 0.1) is 11.6 Å². The minimum atomic E-state index is -0.378. The summed E-state index contributed by atoms with van der Waals surface area (Å²) in [5.74, 6) is -0.294. The van der Waals surface area contributed by atoms with E-state index in [-0.39, 0.29) is 11.6 Å². The molecule has 0 aliphatic rings. The zero-order valence-corrected chi connectivity index (χ0v) is 11.8. The Morgan fingerprint density at radius 2 is 1.95 bits per heavy atom. The van der Waals surface area contributed by atoms with Crippen molar-refractivity contribution < 1.29 is 13.5 Å². The number of ether oxygens (including phenoxy) is 1. The third kappa shape index (κ3) is 3.44. The predicted molar refractivity (Wildman–Crippen MR) is 74.4 cm³/mol. The highest BCUT2D eigenvalue weighted by Crippen LogP contribution is 2.26. The Balaban J connectivity index is 2.14. The van der Waals surface area contributed by atoms with Gasteiger partial charge in [-0.05, 0) is 24.3 Å². The van der Waals surface area contributed by atoms with Crippen LogP contribution in [0.4, 0.5) is 14.5 Å². The Bertz CT molecular complexity index is 590. The van der Waals surface area contributed by atoms with Gasteiger partial charge in [0.2, 0.25) is 0 Å². The van der Waals surface area contributed by atoms with Crippen LogP contribution < -0.4 is 10.1 Å². The summed E-state index contributed by atoms with van der Waals surface area (Å²) in [6.07, 6.45) is 0. The molecule has 0 amide bonds. The van der Waals surface area contributed by atoms with Gasteiger partial charge in [0.05, 0.1) is 12.8 Å². The van der Waals surface area contributed by atoms with E-state index in [9.17, 15) is 8.78 Å². The smallest absolute Gasteiger partial charge is 0.144 e. The number of hydrogen-bond donors (Lipinski definition) is 1. The zero-order valence-electron chi connectivity index (χ0n) is 10.2. The van der Waals surface area contributed by atoms with E-state index in [1.54, 1.807) is 18.2 Å². The lowest BCUT2D eigenvalue weighted by Gasteiger charge is -2.11. The summed E-state index contributed by atoms with van der Waals surface area (Å²) in [5.41, 5.74) is 1.14. The number of hydrogen-bond acceptors (Lipinski definition) is 2. The van der Waals surface area contributed by atoms with Gasteiger partial charge in [-0.15, -0.1) is 0 Å². The van der Waals surface area contributed by atoms with Gasteiger partial charge in [0.25, 0.3) is 0 Å². The van der Waals surface area contributed by atoms with Gasteiger partial charge in [0, 0.05) is 22.6 Å². The molecule has 2 nitrogen and oxygen atoms in total. The number of halogens is 3. The predicted octanol–water partition coefficient (Wildman–Crippen LogP) is 4.35. The minimum Gasteiger partial charge on any atom is -0.494 e. The Labute approximate surface area is 118 Å². The summed E-state index contributed by atoms with van der Waals surface area (Å²) in [6, 6.07) is 9.01. The first kappa shape index (κ1) is 13.8. The molecule has 0 atom stereocenters. The molecule has 0 aliphatic carbocycles. The van der Waals surface area contributed by atoms with Gasteiger partial charge in [-0.25, -0.2) is 8.78 Å². The van der Waals surface area contributed by atoms with E-state index in [1.807, 2.05) is 0 Å². The molecule has 0 radical (unpaired) electrons. The molecule has 1 N–H and O–H groups in total. The van der Waals surface area contributed by atoms with Crippen molar-refractivity contribution in [2.75, 3.05) is 12.4 Å². The fourth-order valence-electron chi connectivity index (χ4n) is 1.67. The van der Waals surface area contributed by atoms with E-state index in [0.717, 1.165) is 0 Å². The monoisotopic (exact) mass is 327 g/mol. The zero-order chi connectivity index (χ0) is 13.8. The van der Waals surface area contributed by atoms with Crippen LogP contribution in [0.15, 0.2) is 40.9 Å². The molecule has 100 valence electrons. The maximum atomic E-state index is 13.6. The highest BCUT2D eigenvalue weighted by molar-refractivity contribution is 9.10. The minimum absolute atomic E-state index is 0.293. The maximum absolute atomic E-state index is 13.6. The van der Waals surface area contributed by atoms with E-state index < -0.39 is 0 Å². The van der Waals surface area contributed by atoms with Gasteiger partial charge in [0.15, 0.2) is 0 Å². The standard InChI is InChI=1S/C14H12BrF2NO/c1-19-14-7-11(16)4-5-13(14)18-8-9-2-3-10(15)6-12(9)17/h2-7,18H,8H2,1H3. The molecule has 0 aliphatic heterocycles. The molecule has 2 rings (SSSR count). The molecule has 19 heavy (non-hydrogen) atoms. The lowest BCUT2D eigenvalue weighted by Crippen LogP contribution is -2.03. The molecule has 0 saturated carbocycles. The summed E-state index contributed by atoms with van der Waals surface area (Å²) in [6.45, 7) is 0.293. The van der Waals surface area contributed by atoms with Gasteiger partial charge in [-0.2, -0.15) is 0 Å². The Morgan fingerprint density at radius 1 is 1.16 bits per heavy atom. The number of anilines is 1. The largest absolute Gasteiger partial charge is 0.494 e. The fraction of sp³-hybridized carbons (Fsp3) is 0.143. The molecule has 0 saturated heterocycles. The molecule has 5 heteroatoms. The van der Waals surface area contributed by atoms with Crippen LogP contribution in [0.25, 0.3) is 0 Å². The first-order valence-electron chi connectivity index (χ1n) is 5.61. The Morgan fingerprint density at radius 3 is 2.63 bits per heavy atom. The highest BCUT2D eigenvalue weighted by atomic mass is 79.9. The maximum Gasteiger partial charge on any atom is 0.144 e. The lowest BCUT2D eigenvalue weighted by atomic mass is 10.2. The summed E-state index contributed by atoms with van der Waals surface area (Å²) in [4.78, 5) is 0. The van der Waals surface area contributed by atoms with Gasteiger partial charge in [0.1, 0.15) is 17.4 Å². The van der Waals surface area contributed by atoms with Crippen molar-refractivity contribution in [2.45, 2.75) is 6.54 Å². The first-order chi connectivity index (χ1) is 9.10. The summed E-state index contributed by atoms with van der Waals surface area (Å²) < 4.78 is 32.4. The number of rotatable bonds is 4. The summed E-state index contributed by atoms with van der Waals surface area (Å²) in [5, 5.41) is 3.02. The highest BCUT2D eigenvalue weighted by Gasteiger charge is 2.06. The molecule has 0 bridgehead atoms. The number of nitrogens with one attached hydrogen (secondary N) is 1. The lowest BCUT2D eigenvalue weighted by molar-refractivity contribution is 0.413. The molecule has 0 spiro atoms. The van der Waals surface area contributed by atoms with Crippen molar-refractivity contribution in [1.82, 2.24) is 0 Å². The van der Waals surface area contributed by atoms with Crippen LogP contribution in [0.1, 0.15) is 5.56 Å². The van der Waals surface area contributed by atoms with Gasteiger partial charge in [-0.3, -0.25) is 0 Å². The topological polar surface area (TPSA) is 21.3 Å². The summed E-state index contributed by atoms with van der Waals surface area (Å²) >= 11 is 3.20. The van der Waals surface area contributed by atoms with Crippen molar-refractivity contribution in [3.8, 4) is 5.75 Å². The first-order valence-corrected chi connectivity index (χ1v) is 6.41. The van der Waals surface area contributed by atoms with E-state index in [1.165, 1.54) is 25.3 Å². The van der Waals surface area contributed by atoms with E-state index in [4.69, 9.17) is 4.74 Å². The number of methoxy groups -OCH3 is 1. The van der Waals surface area contributed by atoms with E-state index >= 15 is 0 Å². The Hall–Kier alpha value is -1.62. The van der Waals surface area contributed by atoms with Gasteiger partial charge < -0.3 is 10.1 Å². The van der Waals surface area contributed by atoms with Crippen LogP contribution in [0.5, 0.6) is 5.75 Å². The molecule has 0 fully saturated rings. The van der Waals surface area contributed by atoms with Crippen LogP contribution in [0.3, 0.4) is 0 Å². The van der Waals surface area contributed by atoms with Crippen LogP contribution in [-0.4, -0.2) is 7.11 Å². The third-order valence-electron chi connectivity index (χ3n) is 2.65. The number of benzene rings is 2. The SMILES string of the molecule is COc1cc(F)ccc1NCc1ccc(Br)cc1F. The van der Waals surface area contributed by atoms with Gasteiger partial charge in [-0.1, -0.05) is 22.0 Å². The average molecular weight is 328 g/mol. The molecular formula is C14H12BrF2NO. The van der Waals surface area contributed by atoms with Gasteiger partial charge >= 0.3 is 0 Å². The second kappa shape index (κ2) is 6.02. The normalized spacial score (nSPS) is 10.3. The molecular weight excluding hydrogens is 316 g/mol. The molecule has 2 aromatic carbocycles. The molecule has 0 unspecified atom stereocenters. The van der Waals surface area contributed by atoms with Crippen molar-refractivity contribution >= 4 is 21.6 Å². The van der Waals surface area contributed by atoms with Crippen LogP contribution >= 0.6 is 15.9 Å². The van der Waals surface area contributed by atoms with E-state index in [0.29, 0.717) is 28.0 Å².